The number of nitrogens with two attached hydrogens (primary N) is 1. The van der Waals surface area contributed by atoms with Gasteiger partial charge < -0.3 is 10.5 Å². The number of fused-ring (bicyclic) bond motifs is 1. The topological polar surface area (TPSA) is 48.1 Å². The summed E-state index contributed by atoms with van der Waals surface area (Å²) < 4.78 is 6.07. The Hall–Kier alpha value is -2.10. The smallest absolute Gasteiger partial charge is 0.138 e. The number of hydrogen-bond acceptors (Lipinski definition) is 3. The molecule has 0 saturated carbocycles. The molecule has 0 atom stereocenters. The molecule has 1 aromatic heterocycles. The Morgan fingerprint density at radius 1 is 1.10 bits per heavy atom. The second kappa shape index (κ2) is 5.72. The van der Waals surface area contributed by atoms with Crippen LogP contribution in [0.5, 0.6) is 11.5 Å². The first-order valence-corrected chi connectivity index (χ1v) is 7.08. The maximum Gasteiger partial charge on any atom is 0.138 e. The summed E-state index contributed by atoms with van der Waals surface area (Å²) in [7, 11) is 0. The first-order chi connectivity index (χ1) is 10.2. The number of para-hydroxylation sites is 1. The van der Waals surface area contributed by atoms with Crippen LogP contribution in [0.3, 0.4) is 0 Å². The Morgan fingerprint density at radius 3 is 2.71 bits per heavy atom. The lowest BCUT2D eigenvalue weighted by molar-refractivity contribution is 0.481. The fraction of sp³-hybridized carbons (Fsp3) is 0.118. The van der Waals surface area contributed by atoms with E-state index in [4.69, 9.17) is 22.1 Å². The lowest BCUT2D eigenvalue weighted by Crippen LogP contribution is -2.00. The van der Waals surface area contributed by atoms with Gasteiger partial charge in [-0.2, -0.15) is 0 Å². The lowest BCUT2D eigenvalue weighted by atomic mass is 10.1. The largest absolute Gasteiger partial charge is 0.456 e. The van der Waals surface area contributed by atoms with E-state index in [1.54, 1.807) is 6.07 Å². The maximum atomic E-state index is 6.07. The van der Waals surface area contributed by atoms with Gasteiger partial charge in [-0.15, -0.1) is 0 Å². The Kier molecular flexibility index (Phi) is 3.78. The van der Waals surface area contributed by atoms with E-state index in [9.17, 15) is 0 Å². The quantitative estimate of drug-likeness (QED) is 0.777. The van der Waals surface area contributed by atoms with Crippen molar-refractivity contribution >= 4 is 22.5 Å². The molecule has 0 aliphatic rings. The van der Waals surface area contributed by atoms with E-state index in [1.165, 1.54) is 0 Å². The van der Waals surface area contributed by atoms with Gasteiger partial charge in [0.05, 0.1) is 5.52 Å². The summed E-state index contributed by atoms with van der Waals surface area (Å²) in [6, 6.07) is 15.3. The van der Waals surface area contributed by atoms with Crippen molar-refractivity contribution in [2.45, 2.75) is 13.5 Å². The van der Waals surface area contributed by atoms with E-state index in [2.05, 4.69) is 4.98 Å². The molecule has 0 amide bonds. The van der Waals surface area contributed by atoms with Gasteiger partial charge in [0.1, 0.15) is 11.5 Å². The summed E-state index contributed by atoms with van der Waals surface area (Å²) in [6.45, 7) is 2.34. The lowest BCUT2D eigenvalue weighted by Gasteiger charge is -2.13. The summed E-state index contributed by atoms with van der Waals surface area (Å²) in [4.78, 5) is 4.51. The van der Waals surface area contributed by atoms with Crippen molar-refractivity contribution in [3.05, 3.63) is 64.8 Å². The van der Waals surface area contributed by atoms with Crippen molar-refractivity contribution in [3.63, 3.8) is 0 Å². The molecule has 3 aromatic rings. The number of ether oxygens (including phenoxy) is 1. The third-order valence-electron chi connectivity index (χ3n) is 3.28. The third kappa shape index (κ3) is 2.84. The maximum absolute atomic E-state index is 6.07. The first-order valence-electron chi connectivity index (χ1n) is 6.70. The highest BCUT2D eigenvalue weighted by atomic mass is 35.5. The average molecular weight is 299 g/mol. The van der Waals surface area contributed by atoms with Crippen LogP contribution in [0.25, 0.3) is 10.9 Å². The Balaban J connectivity index is 2.12. The zero-order valence-corrected chi connectivity index (χ0v) is 12.4. The molecule has 0 spiro atoms. The summed E-state index contributed by atoms with van der Waals surface area (Å²) in [5, 5.41) is 1.59. The van der Waals surface area contributed by atoms with E-state index < -0.39 is 0 Å². The van der Waals surface area contributed by atoms with Crippen LogP contribution in [0.4, 0.5) is 0 Å². The van der Waals surface area contributed by atoms with Crippen LogP contribution < -0.4 is 10.5 Å². The molecular weight excluding hydrogens is 284 g/mol. The third-order valence-corrected chi connectivity index (χ3v) is 3.51. The van der Waals surface area contributed by atoms with E-state index >= 15 is 0 Å². The predicted molar refractivity (Wildman–Crippen MR) is 85.9 cm³/mol. The van der Waals surface area contributed by atoms with E-state index in [0.717, 1.165) is 27.9 Å². The van der Waals surface area contributed by atoms with Crippen LogP contribution in [0, 0.1) is 6.92 Å². The molecule has 21 heavy (non-hydrogen) atoms. The first kappa shape index (κ1) is 13.9. The molecule has 0 fully saturated rings. The van der Waals surface area contributed by atoms with E-state index in [0.29, 0.717) is 17.3 Å². The molecule has 4 heteroatoms. The van der Waals surface area contributed by atoms with Gasteiger partial charge in [-0.1, -0.05) is 29.8 Å². The molecule has 106 valence electrons. The minimum atomic E-state index is 0.397. The summed E-state index contributed by atoms with van der Waals surface area (Å²) >= 11 is 6.06. The molecule has 0 bridgehead atoms. The molecule has 0 radical (unpaired) electrons. The van der Waals surface area contributed by atoms with Crippen molar-refractivity contribution < 1.29 is 4.74 Å². The molecular formula is C17H15ClN2O. The van der Waals surface area contributed by atoms with Gasteiger partial charge in [0.25, 0.3) is 0 Å². The standard InChI is InChI=1S/C17H15ClN2O/c1-11-8-17(14-4-2-3-5-15(14)20-11)21-16-9-13(18)7-6-12(16)10-19/h2-9H,10,19H2,1H3. The number of halogens is 1. The van der Waals surface area contributed by atoms with Gasteiger partial charge in [-0.05, 0) is 31.2 Å². The number of aromatic nitrogens is 1. The molecule has 2 N–H and O–H groups in total. The van der Waals surface area contributed by atoms with Gasteiger partial charge in [0, 0.05) is 34.3 Å². The van der Waals surface area contributed by atoms with Crippen molar-refractivity contribution in [1.82, 2.24) is 4.98 Å². The normalized spacial score (nSPS) is 10.8. The minimum Gasteiger partial charge on any atom is -0.456 e. The highest BCUT2D eigenvalue weighted by Crippen LogP contribution is 2.33. The van der Waals surface area contributed by atoms with Crippen LogP contribution in [-0.4, -0.2) is 4.98 Å². The molecule has 2 aromatic carbocycles. The van der Waals surface area contributed by atoms with Crippen LogP contribution in [0.15, 0.2) is 48.5 Å². The average Bonchev–Trinajstić information content (AvgIpc) is 2.47. The fourth-order valence-electron chi connectivity index (χ4n) is 2.26. The second-order valence-electron chi connectivity index (χ2n) is 4.84. The van der Waals surface area contributed by atoms with Gasteiger partial charge in [0.2, 0.25) is 0 Å². The van der Waals surface area contributed by atoms with Gasteiger partial charge in [0.15, 0.2) is 0 Å². The molecule has 3 rings (SSSR count). The number of benzene rings is 2. The van der Waals surface area contributed by atoms with Crippen molar-refractivity contribution in [2.75, 3.05) is 0 Å². The van der Waals surface area contributed by atoms with Crippen molar-refractivity contribution in [2.24, 2.45) is 5.73 Å². The van der Waals surface area contributed by atoms with Gasteiger partial charge >= 0.3 is 0 Å². The molecule has 3 nitrogen and oxygen atoms in total. The predicted octanol–water partition coefficient (Wildman–Crippen LogP) is 4.45. The number of hydrogen-bond donors (Lipinski definition) is 1. The Bertz CT molecular complexity index is 802. The summed E-state index contributed by atoms with van der Waals surface area (Å²) in [5.41, 5.74) is 8.49. The second-order valence-corrected chi connectivity index (χ2v) is 5.27. The summed E-state index contributed by atoms with van der Waals surface area (Å²) in [6.07, 6.45) is 0. The minimum absolute atomic E-state index is 0.397. The number of aryl methyl sites for hydroxylation is 1. The Labute approximate surface area is 128 Å². The summed E-state index contributed by atoms with van der Waals surface area (Å²) in [5.74, 6) is 1.44. The SMILES string of the molecule is Cc1cc(Oc2cc(Cl)ccc2CN)c2ccccc2n1. The molecule has 1 heterocycles. The number of nitrogens with zero attached hydrogens (tertiary/aromatic N) is 1. The molecule has 0 aliphatic heterocycles. The fourth-order valence-corrected chi connectivity index (χ4v) is 2.43. The molecule has 0 saturated heterocycles. The highest BCUT2D eigenvalue weighted by molar-refractivity contribution is 6.30. The zero-order valence-electron chi connectivity index (χ0n) is 11.6. The van der Waals surface area contributed by atoms with Crippen LogP contribution in [0.1, 0.15) is 11.3 Å². The highest BCUT2D eigenvalue weighted by Gasteiger charge is 2.09. The van der Waals surface area contributed by atoms with Crippen molar-refractivity contribution in [3.8, 4) is 11.5 Å². The Morgan fingerprint density at radius 2 is 1.90 bits per heavy atom. The van der Waals surface area contributed by atoms with Gasteiger partial charge in [-0.25, -0.2) is 0 Å². The van der Waals surface area contributed by atoms with Crippen molar-refractivity contribution in [1.29, 1.82) is 0 Å². The van der Waals surface area contributed by atoms with Crippen LogP contribution in [-0.2, 0) is 6.54 Å². The van der Waals surface area contributed by atoms with E-state index in [1.807, 2.05) is 49.4 Å². The molecule has 0 unspecified atom stereocenters. The van der Waals surface area contributed by atoms with Gasteiger partial charge in [-0.3, -0.25) is 4.98 Å². The van der Waals surface area contributed by atoms with Crippen LogP contribution >= 0.6 is 11.6 Å². The van der Waals surface area contributed by atoms with Crippen LogP contribution in [0.2, 0.25) is 5.02 Å². The number of rotatable bonds is 3. The zero-order chi connectivity index (χ0) is 14.8. The molecule has 0 aliphatic carbocycles. The van der Waals surface area contributed by atoms with E-state index in [-0.39, 0.29) is 0 Å². The number of pyridine rings is 1. The monoisotopic (exact) mass is 298 g/mol.